The van der Waals surface area contributed by atoms with E-state index in [-0.39, 0.29) is 24.4 Å². The highest BCUT2D eigenvalue weighted by Gasteiger charge is 2.49. The van der Waals surface area contributed by atoms with Crippen LogP contribution in [0, 0.1) is 5.92 Å². The molecule has 2 N–H and O–H groups in total. The molecule has 0 bridgehead atoms. The summed E-state index contributed by atoms with van der Waals surface area (Å²) in [5.74, 6) is 0.762. The molecule has 5 rings (SSSR count). The van der Waals surface area contributed by atoms with Crippen LogP contribution in [0.2, 0.25) is 0 Å². The highest BCUT2D eigenvalue weighted by molar-refractivity contribution is 6.00. The van der Waals surface area contributed by atoms with Crippen molar-refractivity contribution in [3.8, 4) is 0 Å². The van der Waals surface area contributed by atoms with Crippen LogP contribution in [0.25, 0.3) is 10.8 Å². The molecule has 160 valence electrons. The summed E-state index contributed by atoms with van der Waals surface area (Å²) in [5.41, 5.74) is 0.743. The minimum atomic E-state index is -0.470. The highest BCUT2D eigenvalue weighted by Crippen LogP contribution is 2.30. The summed E-state index contributed by atoms with van der Waals surface area (Å²) in [6.07, 6.45) is 5.59. The van der Waals surface area contributed by atoms with E-state index in [1.807, 2.05) is 42.5 Å². The second kappa shape index (κ2) is 8.92. The maximum Gasteiger partial charge on any atom is 0.412 e. The maximum absolute atomic E-state index is 12.6. The summed E-state index contributed by atoms with van der Waals surface area (Å²) < 4.78 is 17.6. The molecule has 4 atom stereocenters. The van der Waals surface area contributed by atoms with E-state index in [1.165, 1.54) is 32.1 Å². The molecular formula is C24H30N2O4. The number of nitrogens with one attached hydrogen (secondary N) is 2. The number of anilines is 1. The van der Waals surface area contributed by atoms with E-state index in [2.05, 4.69) is 10.6 Å². The standard InChI is InChI=1S/C24H30N2O4/c27-24(26-19-12-6-10-17-9-4-5-11-18(17)19)30-21-15-29-22-20(14-28-23(21)22)25-13-16-7-2-1-3-8-16/h4-6,9-12,16,20-23,25H,1-3,7-8,13-15H2,(H,26,27)/t20-,21+,22+,23+/m0/s1. The molecule has 0 unspecified atom stereocenters. The lowest BCUT2D eigenvalue weighted by Gasteiger charge is -2.25. The predicted molar refractivity (Wildman–Crippen MR) is 116 cm³/mol. The van der Waals surface area contributed by atoms with E-state index in [0.717, 1.165) is 28.9 Å². The third kappa shape index (κ3) is 4.17. The molecule has 1 amide bonds. The molecule has 2 aromatic carbocycles. The second-order valence-corrected chi connectivity index (χ2v) is 8.71. The fraction of sp³-hybridized carbons (Fsp3) is 0.542. The van der Waals surface area contributed by atoms with Gasteiger partial charge in [-0.05, 0) is 36.8 Å². The lowest BCUT2D eigenvalue weighted by molar-refractivity contribution is 0.00851. The van der Waals surface area contributed by atoms with Gasteiger partial charge in [-0.25, -0.2) is 4.79 Å². The van der Waals surface area contributed by atoms with Crippen LogP contribution in [0.4, 0.5) is 10.5 Å². The first-order valence-electron chi connectivity index (χ1n) is 11.2. The summed E-state index contributed by atoms with van der Waals surface area (Å²) in [4.78, 5) is 12.6. The first-order valence-corrected chi connectivity index (χ1v) is 11.2. The van der Waals surface area contributed by atoms with Crippen molar-refractivity contribution < 1.29 is 19.0 Å². The van der Waals surface area contributed by atoms with Gasteiger partial charge in [0.05, 0.1) is 24.9 Å². The minimum Gasteiger partial charge on any atom is -0.441 e. The predicted octanol–water partition coefficient (Wildman–Crippen LogP) is 4.09. The number of rotatable bonds is 5. The summed E-state index contributed by atoms with van der Waals surface area (Å²) in [6, 6.07) is 14.0. The normalized spacial score (nSPS) is 29.1. The molecule has 6 nitrogen and oxygen atoms in total. The van der Waals surface area contributed by atoms with Crippen LogP contribution in [0.15, 0.2) is 42.5 Å². The van der Waals surface area contributed by atoms with Crippen LogP contribution in [0.3, 0.4) is 0 Å². The van der Waals surface area contributed by atoms with Crippen LogP contribution in [0.1, 0.15) is 32.1 Å². The molecule has 0 aromatic heterocycles. The van der Waals surface area contributed by atoms with Gasteiger partial charge < -0.3 is 19.5 Å². The summed E-state index contributed by atoms with van der Waals surface area (Å²) in [5, 5.41) is 8.60. The summed E-state index contributed by atoms with van der Waals surface area (Å²) in [7, 11) is 0. The molecule has 6 heteroatoms. The largest absolute Gasteiger partial charge is 0.441 e. The molecule has 2 aliphatic heterocycles. The Morgan fingerprint density at radius 3 is 2.67 bits per heavy atom. The fourth-order valence-corrected chi connectivity index (χ4v) is 5.06. The van der Waals surface area contributed by atoms with Gasteiger partial charge in [-0.15, -0.1) is 0 Å². The number of hydrogen-bond donors (Lipinski definition) is 2. The van der Waals surface area contributed by atoms with Crippen molar-refractivity contribution in [2.24, 2.45) is 5.92 Å². The van der Waals surface area contributed by atoms with E-state index >= 15 is 0 Å². The maximum atomic E-state index is 12.6. The fourth-order valence-electron chi connectivity index (χ4n) is 5.06. The highest BCUT2D eigenvalue weighted by atomic mass is 16.6. The van der Waals surface area contributed by atoms with Crippen LogP contribution in [-0.2, 0) is 14.2 Å². The van der Waals surface area contributed by atoms with Gasteiger partial charge in [0.2, 0.25) is 0 Å². The molecule has 30 heavy (non-hydrogen) atoms. The number of amides is 1. The topological polar surface area (TPSA) is 68.8 Å². The zero-order valence-corrected chi connectivity index (χ0v) is 17.2. The first kappa shape index (κ1) is 19.8. The quantitative estimate of drug-likeness (QED) is 0.777. The van der Waals surface area contributed by atoms with Crippen molar-refractivity contribution in [1.82, 2.24) is 5.32 Å². The SMILES string of the molecule is O=C(Nc1cccc2ccccc12)O[C@@H]1CO[C@H]2[C@@H]1OC[C@@H]2NCC1CCCCC1. The van der Waals surface area contributed by atoms with Crippen molar-refractivity contribution in [2.45, 2.75) is 56.5 Å². The van der Waals surface area contributed by atoms with Crippen molar-refractivity contribution >= 4 is 22.6 Å². The van der Waals surface area contributed by atoms with E-state index in [9.17, 15) is 4.79 Å². The zero-order valence-electron chi connectivity index (χ0n) is 17.2. The molecule has 2 saturated heterocycles. The Labute approximate surface area is 177 Å². The molecule has 3 fully saturated rings. The smallest absolute Gasteiger partial charge is 0.412 e. The van der Waals surface area contributed by atoms with Crippen molar-refractivity contribution in [3.63, 3.8) is 0 Å². The van der Waals surface area contributed by atoms with Crippen LogP contribution < -0.4 is 10.6 Å². The number of benzene rings is 2. The second-order valence-electron chi connectivity index (χ2n) is 8.71. The Hall–Kier alpha value is -2.15. The molecular weight excluding hydrogens is 380 g/mol. The summed E-state index contributed by atoms with van der Waals surface area (Å²) in [6.45, 7) is 2.00. The van der Waals surface area contributed by atoms with Crippen LogP contribution >= 0.6 is 0 Å². The van der Waals surface area contributed by atoms with Crippen LogP contribution in [-0.4, -0.2) is 50.2 Å². The van der Waals surface area contributed by atoms with Gasteiger partial charge in [-0.2, -0.15) is 0 Å². The van der Waals surface area contributed by atoms with E-state index in [1.54, 1.807) is 0 Å². The Balaban J connectivity index is 1.15. The van der Waals surface area contributed by atoms with Crippen molar-refractivity contribution in [1.29, 1.82) is 0 Å². The number of carbonyl (C=O) groups is 1. The van der Waals surface area contributed by atoms with Gasteiger partial charge in [0.25, 0.3) is 0 Å². The summed E-state index contributed by atoms with van der Waals surface area (Å²) >= 11 is 0. The molecule has 1 aliphatic carbocycles. The zero-order chi connectivity index (χ0) is 20.3. The number of fused-ring (bicyclic) bond motifs is 2. The van der Waals surface area contributed by atoms with Crippen LogP contribution in [0.5, 0.6) is 0 Å². The van der Waals surface area contributed by atoms with Gasteiger partial charge in [0.15, 0.2) is 6.10 Å². The Kier molecular flexibility index (Phi) is 5.88. The van der Waals surface area contributed by atoms with Crippen molar-refractivity contribution in [3.05, 3.63) is 42.5 Å². The van der Waals surface area contributed by atoms with Gasteiger partial charge in [-0.1, -0.05) is 55.7 Å². The number of ether oxygens (including phenoxy) is 3. The van der Waals surface area contributed by atoms with Gasteiger partial charge in [-0.3, -0.25) is 5.32 Å². The molecule has 2 aromatic rings. The molecule has 2 heterocycles. The van der Waals surface area contributed by atoms with Gasteiger partial charge >= 0.3 is 6.09 Å². The Morgan fingerprint density at radius 1 is 0.967 bits per heavy atom. The van der Waals surface area contributed by atoms with E-state index in [4.69, 9.17) is 14.2 Å². The Morgan fingerprint density at radius 2 is 1.77 bits per heavy atom. The van der Waals surface area contributed by atoms with E-state index < -0.39 is 6.09 Å². The Bertz CT molecular complexity index is 877. The number of carbonyl (C=O) groups excluding carboxylic acids is 1. The number of hydrogen-bond acceptors (Lipinski definition) is 5. The lowest BCUT2D eigenvalue weighted by atomic mass is 9.89. The molecule has 3 aliphatic rings. The average molecular weight is 411 g/mol. The minimum absolute atomic E-state index is 0.0519. The van der Waals surface area contributed by atoms with Crippen molar-refractivity contribution in [2.75, 3.05) is 25.1 Å². The van der Waals surface area contributed by atoms with Gasteiger partial charge in [0.1, 0.15) is 12.2 Å². The molecule has 1 saturated carbocycles. The van der Waals surface area contributed by atoms with Gasteiger partial charge in [0, 0.05) is 5.39 Å². The monoisotopic (exact) mass is 410 g/mol. The average Bonchev–Trinajstić information content (AvgIpc) is 3.36. The lowest BCUT2D eigenvalue weighted by Crippen LogP contribution is -2.43. The molecule has 0 radical (unpaired) electrons. The third-order valence-electron chi connectivity index (χ3n) is 6.69. The first-order chi connectivity index (χ1) is 14.8. The third-order valence-corrected chi connectivity index (χ3v) is 6.69. The van der Waals surface area contributed by atoms with E-state index in [0.29, 0.717) is 13.2 Å². The molecule has 0 spiro atoms.